The van der Waals surface area contributed by atoms with E-state index in [0.717, 1.165) is 4.68 Å². The number of methoxy groups -OCH3 is 2. The quantitative estimate of drug-likeness (QED) is 0.874. The molecule has 100 valence electrons. The maximum atomic E-state index is 12.2. The molecule has 0 saturated carbocycles. The van der Waals surface area contributed by atoms with Gasteiger partial charge in [0.25, 0.3) is 0 Å². The van der Waals surface area contributed by atoms with Gasteiger partial charge in [-0.25, -0.2) is 0 Å². The normalized spacial score (nSPS) is 10.3. The third kappa shape index (κ3) is 2.52. The SMILES string of the molecule is COc1cnn(-c2ccc(Cl)c(Cl)c2)c(=O)c1OC. The number of rotatable bonds is 3. The highest BCUT2D eigenvalue weighted by Crippen LogP contribution is 2.25. The molecule has 0 aliphatic rings. The summed E-state index contributed by atoms with van der Waals surface area (Å²) in [6.45, 7) is 0. The summed E-state index contributed by atoms with van der Waals surface area (Å²) < 4.78 is 11.2. The lowest BCUT2D eigenvalue weighted by molar-refractivity contribution is 0.344. The summed E-state index contributed by atoms with van der Waals surface area (Å²) in [6, 6.07) is 4.77. The van der Waals surface area contributed by atoms with Crippen LogP contribution in [0.1, 0.15) is 0 Å². The summed E-state index contributed by atoms with van der Waals surface area (Å²) in [6.07, 6.45) is 1.39. The van der Waals surface area contributed by atoms with Gasteiger partial charge < -0.3 is 9.47 Å². The standard InChI is InChI=1S/C12H10Cl2N2O3/c1-18-10-6-15-16(12(17)11(10)19-2)7-3-4-8(13)9(14)5-7/h3-6H,1-2H3. The van der Waals surface area contributed by atoms with Gasteiger partial charge in [-0.15, -0.1) is 0 Å². The zero-order chi connectivity index (χ0) is 14.0. The van der Waals surface area contributed by atoms with Crippen LogP contribution in [0.3, 0.4) is 0 Å². The minimum atomic E-state index is -0.444. The second kappa shape index (κ2) is 5.50. The molecular formula is C12H10Cl2N2O3. The number of ether oxygens (including phenoxy) is 2. The zero-order valence-corrected chi connectivity index (χ0v) is 11.7. The summed E-state index contributed by atoms with van der Waals surface area (Å²) in [5, 5.41) is 4.73. The fourth-order valence-corrected chi connectivity index (χ4v) is 1.85. The Morgan fingerprint density at radius 3 is 2.47 bits per heavy atom. The molecule has 0 radical (unpaired) electrons. The Bertz CT molecular complexity index is 671. The van der Waals surface area contributed by atoms with E-state index in [1.807, 2.05) is 0 Å². The smallest absolute Gasteiger partial charge is 0.317 e. The van der Waals surface area contributed by atoms with Crippen LogP contribution in [0.25, 0.3) is 5.69 Å². The Hall–Kier alpha value is -1.72. The number of hydrogen-bond donors (Lipinski definition) is 0. The summed E-state index contributed by atoms with van der Waals surface area (Å²) in [5.41, 5.74) is 0.0422. The van der Waals surface area contributed by atoms with E-state index in [1.165, 1.54) is 20.4 Å². The third-order valence-electron chi connectivity index (χ3n) is 2.47. The van der Waals surface area contributed by atoms with Gasteiger partial charge in [0.1, 0.15) is 0 Å². The van der Waals surface area contributed by atoms with Crippen molar-refractivity contribution in [3.8, 4) is 17.2 Å². The maximum Gasteiger partial charge on any atom is 0.317 e. The molecule has 0 N–H and O–H groups in total. The second-order valence-corrected chi connectivity index (χ2v) is 4.38. The first kappa shape index (κ1) is 13.7. The van der Waals surface area contributed by atoms with Crippen molar-refractivity contribution in [2.75, 3.05) is 14.2 Å². The van der Waals surface area contributed by atoms with E-state index in [1.54, 1.807) is 18.2 Å². The molecule has 0 fully saturated rings. The average Bonchev–Trinajstić information content (AvgIpc) is 2.41. The van der Waals surface area contributed by atoms with Crippen molar-refractivity contribution in [3.63, 3.8) is 0 Å². The Morgan fingerprint density at radius 2 is 1.89 bits per heavy atom. The van der Waals surface area contributed by atoms with Crippen LogP contribution in [0.5, 0.6) is 11.5 Å². The van der Waals surface area contributed by atoms with Crippen molar-refractivity contribution in [2.45, 2.75) is 0 Å². The van der Waals surface area contributed by atoms with Crippen molar-refractivity contribution in [2.24, 2.45) is 0 Å². The average molecular weight is 301 g/mol. The number of halogens is 2. The largest absolute Gasteiger partial charge is 0.491 e. The van der Waals surface area contributed by atoms with E-state index in [4.69, 9.17) is 32.7 Å². The van der Waals surface area contributed by atoms with Gasteiger partial charge in [-0.2, -0.15) is 9.78 Å². The van der Waals surface area contributed by atoms with E-state index in [9.17, 15) is 4.79 Å². The van der Waals surface area contributed by atoms with E-state index in [-0.39, 0.29) is 11.5 Å². The number of aromatic nitrogens is 2. The monoisotopic (exact) mass is 300 g/mol. The molecule has 0 saturated heterocycles. The first-order valence-corrected chi connectivity index (χ1v) is 5.99. The van der Waals surface area contributed by atoms with E-state index < -0.39 is 5.56 Å². The molecule has 0 atom stereocenters. The summed E-state index contributed by atoms with van der Waals surface area (Å²) >= 11 is 11.7. The molecule has 0 aliphatic heterocycles. The van der Waals surface area contributed by atoms with E-state index in [0.29, 0.717) is 15.7 Å². The van der Waals surface area contributed by atoms with Gasteiger partial charge in [-0.1, -0.05) is 23.2 Å². The van der Waals surface area contributed by atoms with Crippen molar-refractivity contribution in [1.29, 1.82) is 0 Å². The lowest BCUT2D eigenvalue weighted by Crippen LogP contribution is -2.22. The van der Waals surface area contributed by atoms with Crippen LogP contribution < -0.4 is 15.0 Å². The topological polar surface area (TPSA) is 53.4 Å². The number of hydrogen-bond acceptors (Lipinski definition) is 4. The lowest BCUT2D eigenvalue weighted by Gasteiger charge is -2.10. The fraction of sp³-hybridized carbons (Fsp3) is 0.167. The molecule has 2 aromatic rings. The third-order valence-corrected chi connectivity index (χ3v) is 3.21. The van der Waals surface area contributed by atoms with Gasteiger partial charge in [0.2, 0.25) is 5.75 Å². The zero-order valence-electron chi connectivity index (χ0n) is 10.2. The summed E-state index contributed by atoms with van der Waals surface area (Å²) in [4.78, 5) is 12.2. The van der Waals surface area contributed by atoms with Crippen molar-refractivity contribution < 1.29 is 9.47 Å². The van der Waals surface area contributed by atoms with Gasteiger partial charge in [0.05, 0.1) is 36.1 Å². The lowest BCUT2D eigenvalue weighted by atomic mass is 10.3. The minimum Gasteiger partial charge on any atom is -0.491 e. The summed E-state index contributed by atoms with van der Waals surface area (Å²) in [5.74, 6) is 0.340. The van der Waals surface area contributed by atoms with Crippen molar-refractivity contribution in [1.82, 2.24) is 9.78 Å². The van der Waals surface area contributed by atoms with Crippen LogP contribution in [-0.4, -0.2) is 24.0 Å². The molecule has 1 aromatic carbocycles. The molecular weight excluding hydrogens is 291 g/mol. The fourth-order valence-electron chi connectivity index (χ4n) is 1.56. The van der Waals surface area contributed by atoms with Gasteiger partial charge in [0.15, 0.2) is 5.75 Å². The van der Waals surface area contributed by atoms with Crippen LogP contribution in [0.2, 0.25) is 10.0 Å². The van der Waals surface area contributed by atoms with Crippen LogP contribution in [0.15, 0.2) is 29.2 Å². The van der Waals surface area contributed by atoms with Crippen LogP contribution in [-0.2, 0) is 0 Å². The summed E-state index contributed by atoms with van der Waals surface area (Å²) in [7, 11) is 2.82. The van der Waals surface area contributed by atoms with Crippen LogP contribution in [0.4, 0.5) is 0 Å². The Morgan fingerprint density at radius 1 is 1.16 bits per heavy atom. The Kier molecular flexibility index (Phi) is 3.97. The predicted octanol–water partition coefficient (Wildman–Crippen LogP) is 2.56. The van der Waals surface area contributed by atoms with Gasteiger partial charge >= 0.3 is 5.56 Å². The maximum absolute atomic E-state index is 12.2. The highest BCUT2D eigenvalue weighted by atomic mass is 35.5. The van der Waals surface area contributed by atoms with E-state index >= 15 is 0 Å². The second-order valence-electron chi connectivity index (χ2n) is 3.56. The molecule has 2 rings (SSSR count). The molecule has 0 bridgehead atoms. The molecule has 19 heavy (non-hydrogen) atoms. The highest BCUT2D eigenvalue weighted by molar-refractivity contribution is 6.42. The molecule has 5 nitrogen and oxygen atoms in total. The van der Waals surface area contributed by atoms with Gasteiger partial charge in [-0.3, -0.25) is 4.79 Å². The molecule has 0 aliphatic carbocycles. The highest BCUT2D eigenvalue weighted by Gasteiger charge is 2.14. The molecule has 0 spiro atoms. The molecule has 1 aromatic heterocycles. The molecule has 7 heteroatoms. The number of benzene rings is 1. The minimum absolute atomic E-state index is 0.0728. The first-order chi connectivity index (χ1) is 9.08. The molecule has 0 unspecified atom stereocenters. The van der Waals surface area contributed by atoms with Crippen LogP contribution in [0, 0.1) is 0 Å². The van der Waals surface area contributed by atoms with Crippen LogP contribution >= 0.6 is 23.2 Å². The van der Waals surface area contributed by atoms with Gasteiger partial charge in [0, 0.05) is 0 Å². The Labute approximate surface area is 119 Å². The number of nitrogens with zero attached hydrogens (tertiary/aromatic N) is 2. The Balaban J connectivity index is 2.63. The van der Waals surface area contributed by atoms with Crippen molar-refractivity contribution >= 4 is 23.2 Å². The van der Waals surface area contributed by atoms with Crippen molar-refractivity contribution in [3.05, 3.63) is 44.8 Å². The van der Waals surface area contributed by atoms with E-state index in [2.05, 4.69) is 5.10 Å². The molecule has 1 heterocycles. The van der Waals surface area contributed by atoms with Gasteiger partial charge in [-0.05, 0) is 18.2 Å². The predicted molar refractivity (Wildman–Crippen MR) is 73.0 cm³/mol. The first-order valence-electron chi connectivity index (χ1n) is 5.24. The molecule has 0 amide bonds.